The van der Waals surface area contributed by atoms with Crippen molar-refractivity contribution in [1.29, 1.82) is 0 Å². The quantitative estimate of drug-likeness (QED) is 0.900. The number of carbonyl (C=O) groups is 1. The fraction of sp³-hybridized carbons (Fsp3) is 0.750. The summed E-state index contributed by atoms with van der Waals surface area (Å²) in [5, 5.41) is 6.28. The van der Waals surface area contributed by atoms with Crippen LogP contribution in [0.5, 0.6) is 0 Å². The first-order valence-corrected chi connectivity index (χ1v) is 9.20. The Balaban J connectivity index is 1.45. The van der Waals surface area contributed by atoms with Gasteiger partial charge < -0.3 is 10.1 Å². The zero-order valence-corrected chi connectivity index (χ0v) is 13.9. The van der Waals surface area contributed by atoms with Gasteiger partial charge in [0.2, 0.25) is 5.91 Å². The maximum atomic E-state index is 12.1. The molecule has 1 aliphatic heterocycles. The predicted molar refractivity (Wildman–Crippen MR) is 86.9 cm³/mol. The lowest BCUT2D eigenvalue weighted by molar-refractivity contribution is -0.121. The molecule has 0 atom stereocenters. The van der Waals surface area contributed by atoms with Gasteiger partial charge in [-0.1, -0.05) is 19.3 Å². The molecule has 1 aliphatic carbocycles. The first-order valence-electron chi connectivity index (χ1n) is 8.32. The second-order valence-electron chi connectivity index (χ2n) is 6.20. The van der Waals surface area contributed by atoms with Crippen LogP contribution in [0.15, 0.2) is 5.38 Å². The number of carbonyl (C=O) groups excluding carboxylic acids is 1. The van der Waals surface area contributed by atoms with Crippen LogP contribution in [0.1, 0.15) is 42.8 Å². The molecule has 0 unspecified atom stereocenters. The van der Waals surface area contributed by atoms with Crippen molar-refractivity contribution in [3.05, 3.63) is 16.1 Å². The van der Waals surface area contributed by atoms with Gasteiger partial charge in [0.1, 0.15) is 5.01 Å². The van der Waals surface area contributed by atoms with E-state index < -0.39 is 0 Å². The van der Waals surface area contributed by atoms with Gasteiger partial charge in [0, 0.05) is 24.5 Å². The number of rotatable bonds is 5. The third kappa shape index (κ3) is 4.76. The molecule has 1 amide bonds. The second-order valence-corrected chi connectivity index (χ2v) is 7.14. The molecular formula is C16H25N3O2S. The first-order chi connectivity index (χ1) is 10.8. The molecule has 0 radical (unpaired) electrons. The number of hydrogen-bond acceptors (Lipinski definition) is 5. The average molecular weight is 323 g/mol. The largest absolute Gasteiger partial charge is 0.379 e. The van der Waals surface area contributed by atoms with Gasteiger partial charge in [0.15, 0.2) is 0 Å². The molecule has 3 rings (SSSR count). The lowest BCUT2D eigenvalue weighted by atomic mass is 9.95. The zero-order valence-electron chi connectivity index (χ0n) is 13.1. The van der Waals surface area contributed by atoms with E-state index in [1.807, 2.05) is 5.38 Å². The van der Waals surface area contributed by atoms with Crippen molar-refractivity contribution in [3.8, 4) is 0 Å². The number of morpholine rings is 1. The SMILES string of the molecule is O=C(Cc1csc(CN2CCOCC2)n1)NC1CCCCC1. The molecule has 2 heterocycles. The first kappa shape index (κ1) is 15.9. The Morgan fingerprint density at radius 3 is 2.86 bits per heavy atom. The third-order valence-corrected chi connectivity index (χ3v) is 5.26. The van der Waals surface area contributed by atoms with Crippen molar-refractivity contribution < 1.29 is 9.53 Å². The number of amides is 1. The summed E-state index contributed by atoms with van der Waals surface area (Å²) in [7, 11) is 0. The molecule has 1 saturated heterocycles. The number of nitrogens with zero attached hydrogens (tertiary/aromatic N) is 2. The molecule has 1 N–H and O–H groups in total. The highest BCUT2D eigenvalue weighted by Crippen LogP contribution is 2.18. The van der Waals surface area contributed by atoms with Crippen LogP contribution < -0.4 is 5.32 Å². The summed E-state index contributed by atoms with van der Waals surface area (Å²) in [6.45, 7) is 4.43. The van der Waals surface area contributed by atoms with E-state index in [9.17, 15) is 4.79 Å². The van der Waals surface area contributed by atoms with Crippen LogP contribution in [0.25, 0.3) is 0 Å². The molecular weight excluding hydrogens is 298 g/mol. The highest BCUT2D eigenvalue weighted by Gasteiger charge is 2.17. The predicted octanol–water partition coefficient (Wildman–Crippen LogP) is 1.97. The monoisotopic (exact) mass is 323 g/mol. The maximum Gasteiger partial charge on any atom is 0.226 e. The van der Waals surface area contributed by atoms with Crippen LogP contribution in [0, 0.1) is 0 Å². The Hall–Kier alpha value is -0.980. The minimum absolute atomic E-state index is 0.120. The molecule has 0 spiro atoms. The molecule has 1 saturated carbocycles. The molecule has 2 fully saturated rings. The zero-order chi connectivity index (χ0) is 15.2. The van der Waals surface area contributed by atoms with E-state index in [0.717, 1.165) is 56.4 Å². The molecule has 2 aliphatic rings. The molecule has 1 aromatic rings. The summed E-state index contributed by atoms with van der Waals surface area (Å²) in [4.78, 5) is 19.1. The maximum absolute atomic E-state index is 12.1. The minimum Gasteiger partial charge on any atom is -0.379 e. The van der Waals surface area contributed by atoms with Gasteiger partial charge in [-0.05, 0) is 12.8 Å². The number of hydrogen-bond donors (Lipinski definition) is 1. The molecule has 0 bridgehead atoms. The second kappa shape index (κ2) is 8.04. The van der Waals surface area contributed by atoms with Crippen molar-refractivity contribution in [2.75, 3.05) is 26.3 Å². The van der Waals surface area contributed by atoms with Crippen molar-refractivity contribution in [2.45, 2.75) is 51.1 Å². The normalized spacial score (nSPS) is 20.9. The van der Waals surface area contributed by atoms with Crippen LogP contribution in [0.3, 0.4) is 0 Å². The van der Waals surface area contributed by atoms with Crippen LogP contribution in [-0.4, -0.2) is 48.1 Å². The van der Waals surface area contributed by atoms with Gasteiger partial charge in [-0.2, -0.15) is 0 Å². The average Bonchev–Trinajstić information content (AvgIpc) is 2.96. The number of nitrogens with one attached hydrogen (secondary N) is 1. The summed E-state index contributed by atoms with van der Waals surface area (Å²) < 4.78 is 5.36. The van der Waals surface area contributed by atoms with Crippen molar-refractivity contribution >= 4 is 17.2 Å². The third-order valence-electron chi connectivity index (χ3n) is 4.37. The van der Waals surface area contributed by atoms with Gasteiger partial charge in [-0.15, -0.1) is 11.3 Å². The van der Waals surface area contributed by atoms with Crippen LogP contribution >= 0.6 is 11.3 Å². The molecule has 122 valence electrons. The van der Waals surface area contributed by atoms with Crippen LogP contribution in [-0.2, 0) is 22.5 Å². The van der Waals surface area contributed by atoms with Crippen molar-refractivity contribution in [1.82, 2.24) is 15.2 Å². The summed E-state index contributed by atoms with van der Waals surface area (Å²) in [6.07, 6.45) is 6.46. The van der Waals surface area contributed by atoms with Crippen molar-refractivity contribution in [3.63, 3.8) is 0 Å². The summed E-state index contributed by atoms with van der Waals surface area (Å²) in [6, 6.07) is 0.382. The van der Waals surface area contributed by atoms with E-state index in [4.69, 9.17) is 4.74 Å². The number of thiazole rings is 1. The lowest BCUT2D eigenvalue weighted by Gasteiger charge is -2.25. The van der Waals surface area contributed by atoms with E-state index >= 15 is 0 Å². The van der Waals surface area contributed by atoms with Crippen molar-refractivity contribution in [2.24, 2.45) is 0 Å². The van der Waals surface area contributed by atoms with Gasteiger partial charge in [-0.25, -0.2) is 4.98 Å². The van der Waals surface area contributed by atoms with Crippen LogP contribution in [0.2, 0.25) is 0 Å². The van der Waals surface area contributed by atoms with Gasteiger partial charge in [0.05, 0.1) is 31.9 Å². The Labute approximate surface area is 136 Å². The fourth-order valence-corrected chi connectivity index (χ4v) is 3.98. The Morgan fingerprint density at radius 2 is 2.09 bits per heavy atom. The highest BCUT2D eigenvalue weighted by atomic mass is 32.1. The van der Waals surface area contributed by atoms with Gasteiger partial charge in [-0.3, -0.25) is 9.69 Å². The molecule has 22 heavy (non-hydrogen) atoms. The summed E-state index contributed by atoms with van der Waals surface area (Å²) >= 11 is 1.66. The van der Waals surface area contributed by atoms with Gasteiger partial charge >= 0.3 is 0 Å². The minimum atomic E-state index is 0.120. The van der Waals surface area contributed by atoms with E-state index in [1.54, 1.807) is 11.3 Å². The Morgan fingerprint density at radius 1 is 1.32 bits per heavy atom. The Bertz CT molecular complexity index is 479. The van der Waals surface area contributed by atoms with Gasteiger partial charge in [0.25, 0.3) is 0 Å². The number of aromatic nitrogens is 1. The molecule has 6 heteroatoms. The van der Waals surface area contributed by atoms with Crippen LogP contribution in [0.4, 0.5) is 0 Å². The number of ether oxygens (including phenoxy) is 1. The molecule has 1 aromatic heterocycles. The summed E-state index contributed by atoms with van der Waals surface area (Å²) in [5.41, 5.74) is 0.904. The van der Waals surface area contributed by atoms with E-state index in [1.165, 1.54) is 19.3 Å². The molecule has 5 nitrogen and oxygen atoms in total. The fourth-order valence-electron chi connectivity index (χ4n) is 3.14. The topological polar surface area (TPSA) is 54.5 Å². The molecule has 0 aromatic carbocycles. The smallest absolute Gasteiger partial charge is 0.226 e. The lowest BCUT2D eigenvalue weighted by Crippen LogP contribution is -2.37. The Kier molecular flexibility index (Phi) is 5.81. The van der Waals surface area contributed by atoms with E-state index in [2.05, 4.69) is 15.2 Å². The summed E-state index contributed by atoms with van der Waals surface area (Å²) in [5.74, 6) is 0.120. The standard InChI is InChI=1S/C16H25N3O2S/c20-15(17-13-4-2-1-3-5-13)10-14-12-22-16(18-14)11-19-6-8-21-9-7-19/h12-13H,1-11H2,(H,17,20). The van der Waals surface area contributed by atoms with E-state index in [-0.39, 0.29) is 5.91 Å². The highest BCUT2D eigenvalue weighted by molar-refractivity contribution is 7.09. The van der Waals surface area contributed by atoms with E-state index in [0.29, 0.717) is 12.5 Å².